The third kappa shape index (κ3) is 2.82. The van der Waals surface area contributed by atoms with Crippen molar-refractivity contribution in [1.82, 2.24) is 0 Å². The molecule has 0 spiro atoms. The van der Waals surface area contributed by atoms with Gasteiger partial charge in [0.15, 0.2) is 0 Å². The predicted molar refractivity (Wildman–Crippen MR) is 71.9 cm³/mol. The van der Waals surface area contributed by atoms with Crippen LogP contribution in [0.25, 0.3) is 0 Å². The summed E-state index contributed by atoms with van der Waals surface area (Å²) in [4.78, 5) is 11.5. The molecular weight excluding hydrogens is 296 g/mol. The van der Waals surface area contributed by atoms with Crippen LogP contribution in [0.4, 0.5) is 0 Å². The normalized spacial score (nSPS) is 19.6. The lowest BCUT2D eigenvalue weighted by Crippen LogP contribution is -2.18. The van der Waals surface area contributed by atoms with Crippen LogP contribution in [0.1, 0.15) is 19.4 Å². The van der Waals surface area contributed by atoms with Gasteiger partial charge < -0.3 is 9.47 Å². The van der Waals surface area contributed by atoms with Gasteiger partial charge in [-0.1, -0.05) is 44.2 Å². The molecule has 1 aromatic rings. The van der Waals surface area contributed by atoms with Crippen molar-refractivity contribution in [1.29, 1.82) is 0 Å². The summed E-state index contributed by atoms with van der Waals surface area (Å²) in [6.07, 6.45) is -0.577. The van der Waals surface area contributed by atoms with Crippen LogP contribution < -0.4 is 0 Å². The van der Waals surface area contributed by atoms with E-state index in [2.05, 4.69) is 15.9 Å². The summed E-state index contributed by atoms with van der Waals surface area (Å²) < 4.78 is 11.4. The first-order valence-electron chi connectivity index (χ1n) is 5.85. The van der Waals surface area contributed by atoms with Crippen molar-refractivity contribution in [2.24, 2.45) is 5.92 Å². The van der Waals surface area contributed by atoms with E-state index in [1.165, 1.54) is 0 Å². The molecular formula is C14H15BrO3. The molecule has 0 bridgehead atoms. The maximum atomic E-state index is 11.5. The number of carbonyl (C=O) groups excluding carboxylic acids is 1. The van der Waals surface area contributed by atoms with Crippen LogP contribution in [0.3, 0.4) is 0 Å². The number of carbonyl (C=O) groups is 1. The number of hydrogen-bond donors (Lipinski definition) is 0. The highest BCUT2D eigenvalue weighted by atomic mass is 79.9. The number of rotatable bonds is 4. The number of halogens is 1. The van der Waals surface area contributed by atoms with E-state index < -0.39 is 6.29 Å². The SMILES string of the molecule is CC(C)C1=C(Br)C(=O)OC1OCc1ccccc1. The second kappa shape index (κ2) is 5.67. The zero-order chi connectivity index (χ0) is 13.1. The van der Waals surface area contributed by atoms with Crippen LogP contribution in [0.5, 0.6) is 0 Å². The summed E-state index contributed by atoms with van der Waals surface area (Å²) in [5.41, 5.74) is 1.93. The average Bonchev–Trinajstić information content (AvgIpc) is 2.64. The van der Waals surface area contributed by atoms with E-state index in [-0.39, 0.29) is 11.9 Å². The van der Waals surface area contributed by atoms with Gasteiger partial charge in [-0.05, 0) is 27.4 Å². The monoisotopic (exact) mass is 310 g/mol. The van der Waals surface area contributed by atoms with Crippen molar-refractivity contribution in [3.8, 4) is 0 Å². The Morgan fingerprint density at radius 1 is 1.33 bits per heavy atom. The van der Waals surface area contributed by atoms with Gasteiger partial charge in [-0.25, -0.2) is 4.79 Å². The van der Waals surface area contributed by atoms with Crippen molar-refractivity contribution in [2.45, 2.75) is 26.7 Å². The Labute approximate surface area is 115 Å². The molecule has 0 radical (unpaired) electrons. The Balaban J connectivity index is 2.04. The lowest BCUT2D eigenvalue weighted by atomic mass is 10.0. The fourth-order valence-electron chi connectivity index (χ4n) is 1.83. The zero-order valence-corrected chi connectivity index (χ0v) is 11.9. The molecule has 4 heteroatoms. The molecule has 18 heavy (non-hydrogen) atoms. The maximum absolute atomic E-state index is 11.5. The Bertz CT molecular complexity index is 465. The van der Waals surface area contributed by atoms with Gasteiger partial charge in [-0.2, -0.15) is 0 Å². The molecule has 1 heterocycles. The molecule has 1 aromatic carbocycles. The summed E-state index contributed by atoms with van der Waals surface area (Å²) in [6, 6.07) is 9.81. The molecule has 0 amide bonds. The van der Waals surface area contributed by atoms with Gasteiger partial charge >= 0.3 is 5.97 Å². The second-order valence-electron chi connectivity index (χ2n) is 4.46. The van der Waals surface area contributed by atoms with Gasteiger partial charge in [0.05, 0.1) is 6.61 Å². The smallest absolute Gasteiger partial charge is 0.348 e. The number of cyclic esters (lactones) is 1. The minimum atomic E-state index is -0.577. The van der Waals surface area contributed by atoms with Gasteiger partial charge in [0.25, 0.3) is 0 Å². The third-order valence-electron chi connectivity index (χ3n) is 2.77. The summed E-state index contributed by atoms with van der Waals surface area (Å²) in [5.74, 6) is -0.150. The molecule has 0 N–H and O–H groups in total. The fourth-order valence-corrected chi connectivity index (χ4v) is 2.57. The van der Waals surface area contributed by atoms with E-state index in [0.717, 1.165) is 11.1 Å². The molecule has 3 nitrogen and oxygen atoms in total. The van der Waals surface area contributed by atoms with E-state index in [1.54, 1.807) is 0 Å². The van der Waals surface area contributed by atoms with E-state index in [1.807, 2.05) is 44.2 Å². The van der Waals surface area contributed by atoms with Crippen LogP contribution >= 0.6 is 15.9 Å². The lowest BCUT2D eigenvalue weighted by Gasteiger charge is -2.17. The highest BCUT2D eigenvalue weighted by Gasteiger charge is 2.34. The standard InChI is InChI=1S/C14H15BrO3/c1-9(2)11-12(15)13(16)18-14(11)17-8-10-6-4-3-5-7-10/h3-7,9,14H,8H2,1-2H3. The first-order chi connectivity index (χ1) is 8.59. The van der Waals surface area contributed by atoms with Crippen LogP contribution in [0.2, 0.25) is 0 Å². The summed E-state index contributed by atoms with van der Waals surface area (Å²) in [5, 5.41) is 0. The van der Waals surface area contributed by atoms with Crippen molar-refractivity contribution >= 4 is 21.9 Å². The van der Waals surface area contributed by atoms with Gasteiger partial charge in [0.2, 0.25) is 6.29 Å². The topological polar surface area (TPSA) is 35.5 Å². The largest absolute Gasteiger partial charge is 0.428 e. The Morgan fingerprint density at radius 3 is 2.61 bits per heavy atom. The van der Waals surface area contributed by atoms with E-state index >= 15 is 0 Å². The minimum Gasteiger partial charge on any atom is -0.428 e. The quantitative estimate of drug-likeness (QED) is 0.800. The Hall–Kier alpha value is -1.13. The first-order valence-corrected chi connectivity index (χ1v) is 6.65. The molecule has 1 atom stereocenters. The molecule has 1 unspecified atom stereocenters. The number of benzene rings is 1. The molecule has 0 aromatic heterocycles. The first kappa shape index (κ1) is 13.3. The molecule has 96 valence electrons. The Morgan fingerprint density at radius 2 is 2.00 bits per heavy atom. The zero-order valence-electron chi connectivity index (χ0n) is 10.4. The Kier molecular flexibility index (Phi) is 4.19. The van der Waals surface area contributed by atoms with Crippen LogP contribution in [-0.4, -0.2) is 12.3 Å². The number of ether oxygens (including phenoxy) is 2. The highest BCUT2D eigenvalue weighted by Crippen LogP contribution is 2.33. The molecule has 0 saturated carbocycles. The average molecular weight is 311 g/mol. The van der Waals surface area contributed by atoms with Gasteiger partial charge in [0, 0.05) is 5.57 Å². The van der Waals surface area contributed by atoms with Crippen LogP contribution in [-0.2, 0) is 20.9 Å². The number of esters is 1. The summed E-state index contributed by atoms with van der Waals surface area (Å²) in [7, 11) is 0. The van der Waals surface area contributed by atoms with Gasteiger partial charge in [-0.15, -0.1) is 0 Å². The second-order valence-corrected chi connectivity index (χ2v) is 5.25. The third-order valence-corrected chi connectivity index (χ3v) is 3.55. The maximum Gasteiger partial charge on any atom is 0.348 e. The van der Waals surface area contributed by atoms with E-state index in [9.17, 15) is 4.79 Å². The van der Waals surface area contributed by atoms with Gasteiger partial charge in [-0.3, -0.25) is 0 Å². The van der Waals surface area contributed by atoms with Crippen molar-refractivity contribution in [2.75, 3.05) is 0 Å². The van der Waals surface area contributed by atoms with Crippen molar-refractivity contribution in [3.63, 3.8) is 0 Å². The molecule has 0 aliphatic carbocycles. The number of hydrogen-bond acceptors (Lipinski definition) is 3. The van der Waals surface area contributed by atoms with Crippen LogP contribution in [0, 0.1) is 5.92 Å². The summed E-state index contributed by atoms with van der Waals surface area (Å²) >= 11 is 3.26. The van der Waals surface area contributed by atoms with Crippen molar-refractivity contribution < 1.29 is 14.3 Å². The minimum absolute atomic E-state index is 0.201. The molecule has 0 saturated heterocycles. The molecule has 1 aliphatic heterocycles. The van der Waals surface area contributed by atoms with Crippen molar-refractivity contribution in [3.05, 3.63) is 46.0 Å². The lowest BCUT2D eigenvalue weighted by molar-refractivity contribution is -0.162. The van der Waals surface area contributed by atoms with E-state index in [4.69, 9.17) is 9.47 Å². The predicted octanol–water partition coefficient (Wildman–Crippen LogP) is 3.39. The van der Waals surface area contributed by atoms with E-state index in [0.29, 0.717) is 11.1 Å². The molecule has 2 rings (SSSR count). The summed E-state index contributed by atoms with van der Waals surface area (Å²) in [6.45, 7) is 4.45. The van der Waals surface area contributed by atoms with Crippen LogP contribution in [0.15, 0.2) is 40.4 Å². The molecule has 0 fully saturated rings. The molecule has 1 aliphatic rings. The fraction of sp³-hybridized carbons (Fsp3) is 0.357. The van der Waals surface area contributed by atoms with Gasteiger partial charge in [0.1, 0.15) is 4.48 Å². The highest BCUT2D eigenvalue weighted by molar-refractivity contribution is 9.12.